The van der Waals surface area contributed by atoms with Crippen molar-refractivity contribution in [3.05, 3.63) is 80.5 Å². The third kappa shape index (κ3) is 6.30. The summed E-state index contributed by atoms with van der Waals surface area (Å²) in [5.74, 6) is -0.204. The molecule has 0 unspecified atom stereocenters. The van der Waals surface area contributed by atoms with E-state index in [1.54, 1.807) is 48.5 Å². The highest BCUT2D eigenvalue weighted by atomic mass is 16.4. The summed E-state index contributed by atoms with van der Waals surface area (Å²) in [5.41, 5.74) is -0.337. The average Bonchev–Trinajstić information content (AvgIpc) is 2.96. The summed E-state index contributed by atoms with van der Waals surface area (Å²) >= 11 is 0. The van der Waals surface area contributed by atoms with Crippen LogP contribution in [0.25, 0.3) is 21.9 Å². The van der Waals surface area contributed by atoms with Crippen LogP contribution in [-0.4, -0.2) is 84.8 Å². The van der Waals surface area contributed by atoms with E-state index in [4.69, 9.17) is 8.83 Å². The minimum absolute atomic E-state index is 0.0779. The third-order valence-corrected chi connectivity index (χ3v) is 7.07. The molecule has 0 atom stereocenters. The zero-order valence-electron chi connectivity index (χ0n) is 22.2. The van der Waals surface area contributed by atoms with E-state index >= 15 is 0 Å². The van der Waals surface area contributed by atoms with Crippen molar-refractivity contribution in [2.75, 3.05) is 52.4 Å². The summed E-state index contributed by atoms with van der Waals surface area (Å²) in [5, 5.41) is 21.8. The van der Waals surface area contributed by atoms with E-state index in [9.17, 15) is 19.8 Å². The molecule has 208 valence electrons. The smallest absolute Gasteiger partial charge is 0.348 e. The van der Waals surface area contributed by atoms with Gasteiger partial charge in [0.25, 0.3) is 0 Å². The minimum atomic E-state index is -0.598. The fraction of sp³-hybridized carbons (Fsp3) is 0.333. The molecule has 5 rings (SSSR count). The molecule has 1 aliphatic heterocycles. The van der Waals surface area contributed by atoms with Crippen molar-refractivity contribution in [3.63, 3.8) is 0 Å². The fourth-order valence-electron chi connectivity index (χ4n) is 4.84. The second-order valence-corrected chi connectivity index (χ2v) is 9.76. The lowest BCUT2D eigenvalue weighted by molar-refractivity contribution is 0.131. The number of benzene rings is 2. The Labute approximate surface area is 230 Å². The first-order valence-corrected chi connectivity index (χ1v) is 13.5. The van der Waals surface area contributed by atoms with Crippen LogP contribution in [0.3, 0.4) is 0 Å². The molecule has 0 radical (unpaired) electrons. The monoisotopic (exact) mass is 544 g/mol. The second kappa shape index (κ2) is 12.7. The molecule has 4 aromatic rings. The van der Waals surface area contributed by atoms with Crippen molar-refractivity contribution in [3.8, 4) is 11.5 Å². The van der Waals surface area contributed by atoms with Crippen molar-refractivity contribution in [1.29, 1.82) is 0 Å². The molecule has 0 bridgehead atoms. The Balaban J connectivity index is 1.01. The first kappa shape index (κ1) is 27.3. The fourth-order valence-corrected chi connectivity index (χ4v) is 4.84. The lowest BCUT2D eigenvalue weighted by atomic mass is 10.1. The second-order valence-electron chi connectivity index (χ2n) is 9.76. The Kier molecular flexibility index (Phi) is 8.68. The predicted octanol–water partition coefficient (Wildman–Crippen LogP) is 3.25. The Morgan fingerprint density at radius 2 is 1.07 bits per heavy atom. The summed E-state index contributed by atoms with van der Waals surface area (Å²) in [6, 6.07) is 13.7. The molecule has 10 nitrogen and oxygen atoms in total. The highest BCUT2D eigenvalue weighted by Gasteiger charge is 2.16. The molecular formula is C30H32N4O6. The van der Waals surface area contributed by atoms with Gasteiger partial charge in [-0.1, -0.05) is 24.3 Å². The van der Waals surface area contributed by atoms with E-state index in [2.05, 4.69) is 19.8 Å². The molecular weight excluding hydrogens is 512 g/mol. The normalized spacial score (nSPS) is 15.2. The molecule has 1 aliphatic rings. The first-order valence-electron chi connectivity index (χ1n) is 13.5. The van der Waals surface area contributed by atoms with Gasteiger partial charge >= 0.3 is 11.3 Å². The number of rotatable bonds is 10. The summed E-state index contributed by atoms with van der Waals surface area (Å²) in [6.07, 6.45) is 4.51. The Morgan fingerprint density at radius 3 is 1.50 bits per heavy atom. The van der Waals surface area contributed by atoms with Gasteiger partial charge in [0.05, 0.1) is 10.8 Å². The van der Waals surface area contributed by atoms with Gasteiger partial charge < -0.3 is 28.8 Å². The van der Waals surface area contributed by atoms with Crippen LogP contribution >= 0.6 is 0 Å². The molecule has 40 heavy (non-hydrogen) atoms. The summed E-state index contributed by atoms with van der Waals surface area (Å²) in [4.78, 5) is 37.8. The highest BCUT2D eigenvalue weighted by molar-refractivity contribution is 5.94. The number of fused-ring (bicyclic) bond motifs is 2. The van der Waals surface area contributed by atoms with Crippen molar-refractivity contribution in [2.45, 2.75) is 12.8 Å². The summed E-state index contributed by atoms with van der Waals surface area (Å²) < 4.78 is 10.5. The Bertz CT molecular complexity index is 1530. The maximum Gasteiger partial charge on any atom is 0.348 e. The van der Waals surface area contributed by atoms with Gasteiger partial charge in [-0.3, -0.25) is 9.98 Å². The molecule has 0 saturated carbocycles. The number of nitrogens with zero attached hydrogens (tertiary/aromatic N) is 4. The predicted molar refractivity (Wildman–Crippen MR) is 155 cm³/mol. The lowest BCUT2D eigenvalue weighted by Crippen LogP contribution is -2.46. The van der Waals surface area contributed by atoms with E-state index in [1.807, 2.05) is 0 Å². The summed E-state index contributed by atoms with van der Waals surface area (Å²) in [7, 11) is 0. The third-order valence-electron chi connectivity index (χ3n) is 7.07. The average molecular weight is 545 g/mol. The van der Waals surface area contributed by atoms with Gasteiger partial charge in [-0.15, -0.1) is 0 Å². The van der Waals surface area contributed by atoms with Crippen LogP contribution in [0.2, 0.25) is 0 Å². The lowest BCUT2D eigenvalue weighted by Gasteiger charge is -2.34. The number of hydrogen-bond donors (Lipinski definition) is 2. The van der Waals surface area contributed by atoms with Crippen LogP contribution < -0.4 is 11.3 Å². The van der Waals surface area contributed by atoms with Crippen LogP contribution in [0.5, 0.6) is 11.5 Å². The van der Waals surface area contributed by atoms with Gasteiger partial charge in [-0.05, 0) is 50.2 Å². The number of piperazine rings is 1. The first-order chi connectivity index (χ1) is 19.5. The standard InChI is InChI=1S/C30H32N4O6/c35-27-21-7-1-3-9-25(21)39-29(37)23(27)19-31-11-5-13-33-15-17-34(18-16-33)14-6-12-32-20-24-28(36)22-8-2-4-10-26(22)40-30(24)38/h1-4,7-10,19-20,35-36H,5-6,11-18H2. The SMILES string of the molecule is O=c1oc2ccccc2c(O)c1C=NCCCN1CCN(CCCN=Cc2c(O)c3ccccc3oc2=O)CC1. The van der Waals surface area contributed by atoms with E-state index in [0.717, 1.165) is 52.1 Å². The molecule has 2 aromatic carbocycles. The Morgan fingerprint density at radius 1 is 0.675 bits per heavy atom. The van der Waals surface area contributed by atoms with Crippen LogP contribution in [0.1, 0.15) is 24.0 Å². The molecule has 1 fully saturated rings. The molecule has 0 aliphatic carbocycles. The maximum absolute atomic E-state index is 12.2. The molecule has 2 N–H and O–H groups in total. The van der Waals surface area contributed by atoms with E-state index in [0.29, 0.717) is 35.0 Å². The quantitative estimate of drug-likeness (QED) is 0.177. The molecule has 3 heterocycles. The van der Waals surface area contributed by atoms with Crippen LogP contribution in [-0.2, 0) is 0 Å². The van der Waals surface area contributed by atoms with Crippen molar-refractivity contribution < 1.29 is 19.0 Å². The summed E-state index contributed by atoms with van der Waals surface area (Å²) in [6.45, 7) is 6.78. The van der Waals surface area contributed by atoms with Gasteiger partial charge in [0, 0.05) is 51.7 Å². The van der Waals surface area contributed by atoms with Gasteiger partial charge in [-0.2, -0.15) is 0 Å². The van der Waals surface area contributed by atoms with Gasteiger partial charge in [0.2, 0.25) is 0 Å². The molecule has 0 amide bonds. The van der Waals surface area contributed by atoms with Crippen molar-refractivity contribution in [1.82, 2.24) is 9.80 Å². The van der Waals surface area contributed by atoms with Gasteiger partial charge in [0.15, 0.2) is 0 Å². The zero-order chi connectivity index (χ0) is 27.9. The number of aliphatic imine (C=N–C) groups is 2. The van der Waals surface area contributed by atoms with Gasteiger partial charge in [0.1, 0.15) is 33.8 Å². The largest absolute Gasteiger partial charge is 0.506 e. The van der Waals surface area contributed by atoms with E-state index in [1.165, 1.54) is 12.4 Å². The molecule has 10 heteroatoms. The number of hydrogen-bond acceptors (Lipinski definition) is 10. The van der Waals surface area contributed by atoms with Crippen LogP contribution in [0.15, 0.2) is 76.9 Å². The molecule has 1 saturated heterocycles. The molecule has 2 aromatic heterocycles. The maximum atomic E-state index is 12.2. The van der Waals surface area contributed by atoms with Crippen LogP contribution in [0, 0.1) is 0 Å². The highest BCUT2D eigenvalue weighted by Crippen LogP contribution is 2.25. The minimum Gasteiger partial charge on any atom is -0.506 e. The number of para-hydroxylation sites is 2. The van der Waals surface area contributed by atoms with E-state index < -0.39 is 11.3 Å². The molecule has 0 spiro atoms. The van der Waals surface area contributed by atoms with Crippen molar-refractivity contribution >= 4 is 34.4 Å². The van der Waals surface area contributed by atoms with Gasteiger partial charge in [-0.25, -0.2) is 9.59 Å². The Hall–Kier alpha value is -4.28. The van der Waals surface area contributed by atoms with Crippen LogP contribution in [0.4, 0.5) is 0 Å². The van der Waals surface area contributed by atoms with E-state index in [-0.39, 0.29) is 22.6 Å². The topological polar surface area (TPSA) is 132 Å². The number of aromatic hydroxyl groups is 2. The zero-order valence-corrected chi connectivity index (χ0v) is 22.2. The van der Waals surface area contributed by atoms with Crippen molar-refractivity contribution in [2.24, 2.45) is 9.98 Å².